The van der Waals surface area contributed by atoms with Crippen LogP contribution in [0.5, 0.6) is 0 Å². The second-order valence-electron chi connectivity index (χ2n) is 5.19. The maximum absolute atomic E-state index is 12.5. The summed E-state index contributed by atoms with van der Waals surface area (Å²) < 4.78 is 33.0. The fraction of sp³-hybridized carbons (Fsp3) is 0.917. The van der Waals surface area contributed by atoms with Crippen LogP contribution in [0, 0.1) is 0 Å². The summed E-state index contributed by atoms with van der Waals surface area (Å²) in [7, 11) is -3.42. The van der Waals surface area contributed by atoms with E-state index < -0.39 is 10.2 Å². The zero-order valence-electron chi connectivity index (χ0n) is 12.6. The van der Waals surface area contributed by atoms with Crippen LogP contribution in [0.4, 0.5) is 0 Å². The van der Waals surface area contributed by atoms with Gasteiger partial charge in [0, 0.05) is 45.7 Å². The molecule has 0 spiro atoms. The lowest BCUT2D eigenvalue weighted by atomic mass is 10.2. The molecule has 22 heavy (non-hydrogen) atoms. The molecule has 0 aliphatic carbocycles. The van der Waals surface area contributed by atoms with Crippen molar-refractivity contribution in [2.75, 3.05) is 59.0 Å². The van der Waals surface area contributed by atoms with E-state index in [0.29, 0.717) is 71.9 Å². The van der Waals surface area contributed by atoms with Crippen molar-refractivity contribution in [3.05, 3.63) is 0 Å². The number of amides is 1. The van der Waals surface area contributed by atoms with Crippen molar-refractivity contribution in [2.24, 2.45) is 5.73 Å². The van der Waals surface area contributed by atoms with Gasteiger partial charge in [-0.3, -0.25) is 4.79 Å². The molecule has 10 heteroatoms. The van der Waals surface area contributed by atoms with Crippen LogP contribution in [-0.2, 0) is 19.7 Å². The minimum Gasteiger partial charge on any atom is -0.379 e. The molecule has 2 fully saturated rings. The standard InChI is InChI=1S/C12H24N4O4S.ClH/c13-3-1-2-12(17)14-4-6-15(7-5-14)21(18,19)16-8-10-20-11-9-16;/h1-11,13H2;1H. The fourth-order valence-corrected chi connectivity index (χ4v) is 4.08. The second kappa shape index (κ2) is 8.99. The molecule has 2 saturated heterocycles. The van der Waals surface area contributed by atoms with Gasteiger partial charge in [-0.2, -0.15) is 17.0 Å². The first-order chi connectivity index (χ1) is 10.1. The number of carbonyl (C=O) groups is 1. The van der Waals surface area contributed by atoms with E-state index >= 15 is 0 Å². The lowest BCUT2D eigenvalue weighted by Crippen LogP contribution is -2.55. The van der Waals surface area contributed by atoms with Gasteiger partial charge in [0.25, 0.3) is 10.2 Å². The Kier molecular flexibility index (Phi) is 8.01. The molecule has 2 aliphatic heterocycles. The fourth-order valence-electron chi connectivity index (χ4n) is 2.52. The van der Waals surface area contributed by atoms with E-state index in [1.807, 2.05) is 0 Å². The SMILES string of the molecule is Cl.NCCCC(=O)N1CCN(S(=O)(=O)N2CCOCC2)CC1. The highest BCUT2D eigenvalue weighted by Gasteiger charge is 2.33. The van der Waals surface area contributed by atoms with Gasteiger partial charge in [-0.1, -0.05) is 0 Å². The third-order valence-electron chi connectivity index (χ3n) is 3.81. The molecule has 8 nitrogen and oxygen atoms in total. The van der Waals surface area contributed by atoms with E-state index in [1.165, 1.54) is 8.61 Å². The van der Waals surface area contributed by atoms with Crippen molar-refractivity contribution in [3.8, 4) is 0 Å². The molecule has 1 amide bonds. The molecule has 2 N–H and O–H groups in total. The van der Waals surface area contributed by atoms with Gasteiger partial charge < -0.3 is 15.4 Å². The predicted octanol–water partition coefficient (Wildman–Crippen LogP) is -1.13. The van der Waals surface area contributed by atoms with E-state index in [4.69, 9.17) is 10.5 Å². The summed E-state index contributed by atoms with van der Waals surface area (Å²) in [6.45, 7) is 3.79. The molecule has 2 heterocycles. The Bertz CT molecular complexity index is 448. The summed E-state index contributed by atoms with van der Waals surface area (Å²) in [5, 5.41) is 0. The van der Waals surface area contributed by atoms with Gasteiger partial charge in [0.2, 0.25) is 5.91 Å². The number of nitrogens with zero attached hydrogens (tertiary/aromatic N) is 3. The van der Waals surface area contributed by atoms with Crippen LogP contribution in [0.25, 0.3) is 0 Å². The largest absolute Gasteiger partial charge is 0.379 e. The summed E-state index contributed by atoms with van der Waals surface area (Å²) in [4.78, 5) is 13.6. The first kappa shape index (κ1) is 19.6. The number of nitrogens with two attached hydrogens (primary N) is 1. The maximum Gasteiger partial charge on any atom is 0.282 e. The lowest BCUT2D eigenvalue weighted by molar-refractivity contribution is -0.132. The van der Waals surface area contributed by atoms with Crippen molar-refractivity contribution in [2.45, 2.75) is 12.8 Å². The van der Waals surface area contributed by atoms with E-state index in [9.17, 15) is 13.2 Å². The summed E-state index contributed by atoms with van der Waals surface area (Å²) in [5.41, 5.74) is 5.39. The van der Waals surface area contributed by atoms with Crippen LogP contribution in [0.1, 0.15) is 12.8 Å². The number of halogens is 1. The van der Waals surface area contributed by atoms with Crippen molar-refractivity contribution in [3.63, 3.8) is 0 Å². The smallest absolute Gasteiger partial charge is 0.282 e. The highest BCUT2D eigenvalue weighted by atomic mass is 35.5. The Morgan fingerprint density at radius 1 is 1.00 bits per heavy atom. The summed E-state index contributed by atoms with van der Waals surface area (Å²) in [6.07, 6.45) is 1.11. The average molecular weight is 357 g/mol. The summed E-state index contributed by atoms with van der Waals surface area (Å²) >= 11 is 0. The minimum atomic E-state index is -3.42. The molecule has 0 unspecified atom stereocenters. The van der Waals surface area contributed by atoms with Gasteiger partial charge in [-0.15, -0.1) is 12.4 Å². The van der Waals surface area contributed by atoms with Gasteiger partial charge >= 0.3 is 0 Å². The summed E-state index contributed by atoms with van der Waals surface area (Å²) in [6, 6.07) is 0. The second-order valence-corrected chi connectivity index (χ2v) is 7.12. The zero-order chi connectivity index (χ0) is 15.3. The van der Waals surface area contributed by atoms with Crippen LogP contribution in [-0.4, -0.2) is 86.9 Å². The van der Waals surface area contributed by atoms with Crippen LogP contribution in [0.3, 0.4) is 0 Å². The van der Waals surface area contributed by atoms with Gasteiger partial charge in [0.05, 0.1) is 13.2 Å². The molecule has 0 atom stereocenters. The van der Waals surface area contributed by atoms with Crippen molar-refractivity contribution < 1.29 is 17.9 Å². The molecule has 0 aromatic rings. The number of rotatable bonds is 5. The Morgan fingerprint density at radius 2 is 1.55 bits per heavy atom. The number of ether oxygens (including phenoxy) is 1. The van der Waals surface area contributed by atoms with Gasteiger partial charge in [0.15, 0.2) is 0 Å². The molecule has 0 saturated carbocycles. The molecular formula is C12H25ClN4O4S. The average Bonchev–Trinajstić information content (AvgIpc) is 2.53. The quantitative estimate of drug-likeness (QED) is 0.672. The highest BCUT2D eigenvalue weighted by Crippen LogP contribution is 2.14. The Balaban J connectivity index is 0.00000242. The molecule has 0 aromatic carbocycles. The number of morpholine rings is 1. The molecule has 0 radical (unpaired) electrons. The van der Waals surface area contributed by atoms with Crippen LogP contribution < -0.4 is 5.73 Å². The molecule has 2 aliphatic rings. The first-order valence-electron chi connectivity index (χ1n) is 7.36. The summed E-state index contributed by atoms with van der Waals surface area (Å²) in [5.74, 6) is 0.0591. The third kappa shape index (κ3) is 4.77. The van der Waals surface area contributed by atoms with E-state index in [-0.39, 0.29) is 18.3 Å². The molecule has 0 bridgehead atoms. The molecule has 2 rings (SSSR count). The number of hydrogen-bond acceptors (Lipinski definition) is 5. The first-order valence-corrected chi connectivity index (χ1v) is 8.76. The monoisotopic (exact) mass is 356 g/mol. The Labute approximate surface area is 138 Å². The van der Waals surface area contributed by atoms with Crippen LogP contribution in [0.2, 0.25) is 0 Å². The van der Waals surface area contributed by atoms with Gasteiger partial charge in [-0.05, 0) is 13.0 Å². The van der Waals surface area contributed by atoms with Crippen molar-refractivity contribution in [1.29, 1.82) is 0 Å². The minimum absolute atomic E-state index is 0. The van der Waals surface area contributed by atoms with Crippen molar-refractivity contribution >= 4 is 28.5 Å². The van der Waals surface area contributed by atoms with Crippen LogP contribution in [0.15, 0.2) is 0 Å². The van der Waals surface area contributed by atoms with E-state index in [1.54, 1.807) is 4.90 Å². The van der Waals surface area contributed by atoms with Crippen molar-refractivity contribution in [1.82, 2.24) is 13.5 Å². The van der Waals surface area contributed by atoms with Gasteiger partial charge in [-0.25, -0.2) is 0 Å². The number of hydrogen-bond donors (Lipinski definition) is 1. The van der Waals surface area contributed by atoms with Gasteiger partial charge in [0.1, 0.15) is 0 Å². The number of carbonyl (C=O) groups excluding carboxylic acids is 1. The normalized spacial score (nSPS) is 21.4. The topological polar surface area (TPSA) is 96.2 Å². The van der Waals surface area contributed by atoms with E-state index in [0.717, 1.165) is 0 Å². The molecule has 0 aromatic heterocycles. The van der Waals surface area contributed by atoms with E-state index in [2.05, 4.69) is 0 Å². The van der Waals surface area contributed by atoms with Crippen LogP contribution >= 0.6 is 12.4 Å². The molecular weight excluding hydrogens is 332 g/mol. The highest BCUT2D eigenvalue weighted by molar-refractivity contribution is 7.86. The lowest BCUT2D eigenvalue weighted by Gasteiger charge is -2.37. The Morgan fingerprint density at radius 3 is 2.09 bits per heavy atom. The maximum atomic E-state index is 12.5. The Hall–Kier alpha value is -0.450. The third-order valence-corrected chi connectivity index (χ3v) is 5.84. The predicted molar refractivity (Wildman–Crippen MR) is 85.0 cm³/mol. The zero-order valence-corrected chi connectivity index (χ0v) is 14.3. The number of piperazine rings is 1. The molecule has 130 valence electrons.